The van der Waals surface area contributed by atoms with Crippen molar-refractivity contribution in [3.8, 4) is 0 Å². The van der Waals surface area contributed by atoms with Crippen molar-refractivity contribution in [1.82, 2.24) is 0 Å². The molecule has 0 aromatic heterocycles. The number of hydrogen-bond donors (Lipinski definition) is 0. The fourth-order valence-electron chi connectivity index (χ4n) is 3.31. The third-order valence-electron chi connectivity index (χ3n) is 3.85. The van der Waals surface area contributed by atoms with E-state index in [2.05, 4.69) is 19.1 Å². The zero-order chi connectivity index (χ0) is 7.42. The molecule has 60 valence electrons. The molecule has 5 atom stereocenters. The Morgan fingerprint density at radius 3 is 3.09 bits per heavy atom. The second-order valence-electron chi connectivity index (χ2n) is 4.41. The molecule has 1 heteroatoms. The number of hydrogen-bond acceptors (Lipinski definition) is 0. The van der Waals surface area contributed by atoms with Gasteiger partial charge < -0.3 is 0 Å². The first kappa shape index (κ1) is 6.66. The van der Waals surface area contributed by atoms with E-state index >= 15 is 0 Å². The van der Waals surface area contributed by atoms with Gasteiger partial charge in [-0.3, -0.25) is 0 Å². The highest BCUT2D eigenvalue weighted by molar-refractivity contribution is 7.59. The smallest absolute Gasteiger partial charge is 0.000469 e. The third kappa shape index (κ3) is 0.746. The molecular weight excluding hydrogens is 151 g/mol. The Morgan fingerprint density at radius 2 is 2.18 bits per heavy atom. The van der Waals surface area contributed by atoms with Crippen LogP contribution in [0.15, 0.2) is 12.2 Å². The summed E-state index contributed by atoms with van der Waals surface area (Å²) >= 11 is 0. The second kappa shape index (κ2) is 2.10. The van der Waals surface area contributed by atoms with Gasteiger partial charge in [-0.05, 0) is 36.5 Å². The molecule has 1 aliphatic carbocycles. The van der Waals surface area contributed by atoms with Gasteiger partial charge in [-0.1, -0.05) is 27.0 Å². The molecule has 2 aliphatic heterocycles. The first-order valence-electron chi connectivity index (χ1n) is 4.77. The van der Waals surface area contributed by atoms with Crippen LogP contribution in [0, 0.1) is 17.8 Å². The number of rotatable bonds is 0. The molecule has 0 spiro atoms. The van der Waals surface area contributed by atoms with Crippen molar-refractivity contribution in [1.29, 1.82) is 0 Å². The van der Waals surface area contributed by atoms with Crippen LogP contribution in [0.3, 0.4) is 0 Å². The van der Waals surface area contributed by atoms with Crippen LogP contribution < -0.4 is 0 Å². The minimum Gasteiger partial charge on any atom is -0.0988 e. The summed E-state index contributed by atoms with van der Waals surface area (Å²) in [5.41, 5.74) is 1.08. The Labute approximate surface area is 69.8 Å². The normalized spacial score (nSPS) is 58.8. The van der Waals surface area contributed by atoms with Crippen molar-refractivity contribution in [2.45, 2.75) is 19.0 Å². The molecule has 0 N–H and O–H groups in total. The lowest BCUT2D eigenvalue weighted by Gasteiger charge is -2.28. The third-order valence-corrected chi connectivity index (χ3v) is 7.18. The molecule has 2 bridgehead atoms. The Hall–Kier alpha value is 0.170. The number of fused-ring (bicyclic) bond motifs is 5. The molecular formula is C10H15P. The van der Waals surface area contributed by atoms with Crippen LogP contribution in [0.2, 0.25) is 0 Å². The van der Waals surface area contributed by atoms with Crippen molar-refractivity contribution in [2.24, 2.45) is 17.8 Å². The van der Waals surface area contributed by atoms with Crippen LogP contribution in [0.4, 0.5) is 0 Å². The lowest BCUT2D eigenvalue weighted by Crippen LogP contribution is -2.24. The first-order chi connectivity index (χ1) is 5.36. The topological polar surface area (TPSA) is 0 Å². The molecule has 2 saturated heterocycles. The van der Waals surface area contributed by atoms with Gasteiger partial charge in [0.15, 0.2) is 0 Å². The van der Waals surface area contributed by atoms with Crippen LogP contribution in [0.25, 0.3) is 0 Å². The quantitative estimate of drug-likeness (QED) is 0.383. The van der Waals surface area contributed by atoms with E-state index < -0.39 is 0 Å². The Bertz CT molecular complexity index is 209. The van der Waals surface area contributed by atoms with Gasteiger partial charge in [-0.2, -0.15) is 0 Å². The van der Waals surface area contributed by atoms with Gasteiger partial charge in [0.25, 0.3) is 0 Å². The standard InChI is InChI=1S/C10H15P/c1-7-5-11-6-9(7)8-3-2-4-10(8)11/h2,4,7-10H,3,5-6H2,1H3. The van der Waals surface area contributed by atoms with E-state index in [0.717, 1.165) is 23.4 Å². The van der Waals surface area contributed by atoms with Gasteiger partial charge in [0.1, 0.15) is 0 Å². The van der Waals surface area contributed by atoms with Crippen molar-refractivity contribution < 1.29 is 0 Å². The van der Waals surface area contributed by atoms with Crippen molar-refractivity contribution in [2.75, 3.05) is 12.3 Å². The van der Waals surface area contributed by atoms with Crippen molar-refractivity contribution in [3.05, 3.63) is 12.2 Å². The highest BCUT2D eigenvalue weighted by Crippen LogP contribution is 2.67. The summed E-state index contributed by atoms with van der Waals surface area (Å²) in [5.74, 6) is 3.30. The fraction of sp³-hybridized carbons (Fsp3) is 0.800. The number of allylic oxidation sites excluding steroid dienone is 2. The fourth-order valence-corrected chi connectivity index (χ4v) is 7.38. The molecule has 0 nitrogen and oxygen atoms in total. The Balaban J connectivity index is 1.94. The van der Waals surface area contributed by atoms with Crippen molar-refractivity contribution in [3.63, 3.8) is 0 Å². The van der Waals surface area contributed by atoms with Crippen LogP contribution >= 0.6 is 7.92 Å². The van der Waals surface area contributed by atoms with E-state index in [4.69, 9.17) is 0 Å². The summed E-state index contributed by atoms with van der Waals surface area (Å²) < 4.78 is 0. The summed E-state index contributed by atoms with van der Waals surface area (Å²) in [7, 11) is 0.465. The summed E-state index contributed by atoms with van der Waals surface area (Å²) in [6, 6.07) is 0. The molecule has 2 heterocycles. The second-order valence-corrected chi connectivity index (χ2v) is 6.92. The van der Waals surface area contributed by atoms with E-state index in [1.54, 1.807) is 12.3 Å². The highest BCUT2D eigenvalue weighted by atomic mass is 31.1. The van der Waals surface area contributed by atoms with Gasteiger partial charge in [-0.25, -0.2) is 0 Å². The summed E-state index contributed by atoms with van der Waals surface area (Å²) in [6.07, 6.45) is 9.59. The molecule has 5 unspecified atom stereocenters. The van der Waals surface area contributed by atoms with Gasteiger partial charge in [0.05, 0.1) is 0 Å². The maximum Gasteiger partial charge on any atom is 0.000469 e. The zero-order valence-corrected chi connectivity index (χ0v) is 7.93. The van der Waals surface area contributed by atoms with E-state index in [0.29, 0.717) is 7.92 Å². The Kier molecular flexibility index (Phi) is 1.27. The highest BCUT2D eigenvalue weighted by Gasteiger charge is 2.50. The molecule has 0 amide bonds. The lowest BCUT2D eigenvalue weighted by atomic mass is 9.83. The van der Waals surface area contributed by atoms with E-state index in [-0.39, 0.29) is 0 Å². The van der Waals surface area contributed by atoms with Crippen LogP contribution in [0.5, 0.6) is 0 Å². The predicted octanol–water partition coefficient (Wildman–Crippen LogP) is 2.69. The average Bonchev–Trinajstić information content (AvgIpc) is 2.52. The molecule has 3 aliphatic rings. The van der Waals surface area contributed by atoms with Gasteiger partial charge in [0, 0.05) is 5.66 Å². The largest absolute Gasteiger partial charge is 0.0988 e. The van der Waals surface area contributed by atoms with E-state index in [9.17, 15) is 0 Å². The van der Waals surface area contributed by atoms with Gasteiger partial charge in [-0.15, -0.1) is 0 Å². The molecule has 0 aromatic rings. The zero-order valence-electron chi connectivity index (χ0n) is 7.03. The minimum atomic E-state index is 0.465. The first-order valence-corrected chi connectivity index (χ1v) is 6.55. The minimum absolute atomic E-state index is 0.465. The van der Waals surface area contributed by atoms with Crippen LogP contribution in [-0.2, 0) is 0 Å². The van der Waals surface area contributed by atoms with Gasteiger partial charge in [0.2, 0.25) is 0 Å². The summed E-state index contributed by atoms with van der Waals surface area (Å²) in [6.45, 7) is 2.47. The van der Waals surface area contributed by atoms with Crippen molar-refractivity contribution >= 4 is 7.92 Å². The molecule has 3 rings (SSSR count). The molecule has 0 aromatic carbocycles. The lowest BCUT2D eigenvalue weighted by molar-refractivity contribution is 0.319. The van der Waals surface area contributed by atoms with E-state index in [1.165, 1.54) is 6.42 Å². The molecule has 2 fully saturated rings. The van der Waals surface area contributed by atoms with Gasteiger partial charge >= 0.3 is 0 Å². The van der Waals surface area contributed by atoms with Crippen LogP contribution in [-0.4, -0.2) is 18.0 Å². The maximum atomic E-state index is 2.53. The monoisotopic (exact) mass is 166 g/mol. The van der Waals surface area contributed by atoms with E-state index in [1.807, 2.05) is 0 Å². The SMILES string of the molecule is CC1CP2CC1C1CC=CC12. The molecule has 0 saturated carbocycles. The molecule has 0 radical (unpaired) electrons. The van der Waals surface area contributed by atoms with Crippen LogP contribution in [0.1, 0.15) is 13.3 Å². The average molecular weight is 166 g/mol. The predicted molar refractivity (Wildman–Crippen MR) is 50.3 cm³/mol. The summed E-state index contributed by atoms with van der Waals surface area (Å²) in [5, 5.41) is 0. The summed E-state index contributed by atoms with van der Waals surface area (Å²) in [4.78, 5) is 0. The Morgan fingerprint density at radius 1 is 1.27 bits per heavy atom. The maximum absolute atomic E-state index is 2.53. The molecule has 11 heavy (non-hydrogen) atoms.